The van der Waals surface area contributed by atoms with Crippen molar-refractivity contribution in [2.45, 2.75) is 25.8 Å². The van der Waals surface area contributed by atoms with Crippen LogP contribution in [0.1, 0.15) is 24.4 Å². The van der Waals surface area contributed by atoms with Crippen molar-refractivity contribution in [3.63, 3.8) is 0 Å². The van der Waals surface area contributed by atoms with Gasteiger partial charge in [-0.25, -0.2) is 4.98 Å². The van der Waals surface area contributed by atoms with Gasteiger partial charge in [0.1, 0.15) is 11.6 Å². The number of aryl methyl sites for hydroxylation is 1. The summed E-state index contributed by atoms with van der Waals surface area (Å²) in [6.45, 7) is 1.38. The second-order valence-electron chi connectivity index (χ2n) is 6.27. The summed E-state index contributed by atoms with van der Waals surface area (Å²) in [6.07, 6.45) is 3.09. The van der Waals surface area contributed by atoms with Crippen molar-refractivity contribution >= 4 is 16.8 Å². The number of methoxy groups -OCH3 is 1. The summed E-state index contributed by atoms with van der Waals surface area (Å²) in [6, 6.07) is 10.9. The van der Waals surface area contributed by atoms with Crippen LogP contribution in [0.25, 0.3) is 10.9 Å². The molecule has 1 aromatic carbocycles. The Kier molecular flexibility index (Phi) is 6.38. The molecule has 2 heterocycles. The van der Waals surface area contributed by atoms with Gasteiger partial charge in [0.05, 0.1) is 30.3 Å². The zero-order valence-corrected chi connectivity index (χ0v) is 15.3. The zero-order valence-electron chi connectivity index (χ0n) is 15.3. The normalized spacial score (nSPS) is 11.0. The van der Waals surface area contributed by atoms with Crippen LogP contribution in [0.2, 0.25) is 0 Å². The first-order chi connectivity index (χ1) is 13.2. The summed E-state index contributed by atoms with van der Waals surface area (Å²) in [7, 11) is 1.61. The zero-order chi connectivity index (χ0) is 19.1. The number of carbonyl (C=O) groups excluding carboxylic acids is 1. The van der Waals surface area contributed by atoms with Crippen molar-refractivity contribution in [3.8, 4) is 0 Å². The Hall–Kier alpha value is -2.93. The van der Waals surface area contributed by atoms with Gasteiger partial charge in [-0.05, 0) is 30.7 Å². The lowest BCUT2D eigenvalue weighted by atomic mass is 10.2. The van der Waals surface area contributed by atoms with E-state index in [0.717, 1.165) is 5.76 Å². The number of carbonyl (C=O) groups is 1. The van der Waals surface area contributed by atoms with E-state index in [0.29, 0.717) is 55.7 Å². The highest BCUT2D eigenvalue weighted by Gasteiger charge is 2.15. The lowest BCUT2D eigenvalue weighted by Crippen LogP contribution is -2.33. The number of fused-ring (bicyclic) bond motifs is 1. The summed E-state index contributed by atoms with van der Waals surface area (Å²) >= 11 is 0. The summed E-state index contributed by atoms with van der Waals surface area (Å²) in [5.41, 5.74) is 0.517. The first-order valence-electron chi connectivity index (χ1n) is 8.94. The smallest absolute Gasteiger partial charge is 0.258 e. The average molecular weight is 369 g/mol. The number of nitrogens with one attached hydrogen (secondary N) is 1. The molecule has 7 heteroatoms. The van der Waals surface area contributed by atoms with Gasteiger partial charge in [0.15, 0.2) is 0 Å². The second-order valence-corrected chi connectivity index (χ2v) is 6.27. The monoisotopic (exact) mass is 369 g/mol. The van der Waals surface area contributed by atoms with Crippen molar-refractivity contribution in [3.05, 3.63) is 64.6 Å². The Balaban J connectivity index is 1.59. The molecule has 0 aliphatic carbocycles. The molecule has 1 amide bonds. The third kappa shape index (κ3) is 5.04. The molecule has 142 valence electrons. The molecule has 0 bridgehead atoms. The van der Waals surface area contributed by atoms with Gasteiger partial charge in [-0.15, -0.1) is 0 Å². The number of rotatable bonds is 9. The topological polar surface area (TPSA) is 88.4 Å². The van der Waals surface area contributed by atoms with Crippen LogP contribution >= 0.6 is 0 Å². The highest BCUT2D eigenvalue weighted by Crippen LogP contribution is 2.10. The highest BCUT2D eigenvalue weighted by atomic mass is 16.5. The van der Waals surface area contributed by atoms with Crippen molar-refractivity contribution in [1.82, 2.24) is 14.9 Å². The molecule has 0 saturated carbocycles. The maximum atomic E-state index is 12.6. The van der Waals surface area contributed by atoms with Crippen molar-refractivity contribution < 1.29 is 13.9 Å². The average Bonchev–Trinajstić information content (AvgIpc) is 3.18. The fourth-order valence-electron chi connectivity index (χ4n) is 2.90. The van der Waals surface area contributed by atoms with Gasteiger partial charge in [0.2, 0.25) is 5.91 Å². The molecule has 0 aliphatic heterocycles. The third-order valence-electron chi connectivity index (χ3n) is 4.31. The number of hydrogen-bond donors (Lipinski definition) is 1. The quantitative estimate of drug-likeness (QED) is 0.626. The molecule has 3 rings (SSSR count). The maximum Gasteiger partial charge on any atom is 0.258 e. The number of ether oxygens (including phenoxy) is 1. The minimum absolute atomic E-state index is 0.0200. The molecule has 0 atom stereocenters. The van der Waals surface area contributed by atoms with Crippen molar-refractivity contribution in [2.75, 3.05) is 20.3 Å². The molecule has 1 N–H and O–H groups in total. The highest BCUT2D eigenvalue weighted by molar-refractivity contribution is 5.77. The fraction of sp³-hybridized carbons (Fsp3) is 0.350. The van der Waals surface area contributed by atoms with Crippen LogP contribution in [0.15, 0.2) is 51.9 Å². The summed E-state index contributed by atoms with van der Waals surface area (Å²) < 4.78 is 10.4. The molecule has 0 aliphatic rings. The summed E-state index contributed by atoms with van der Waals surface area (Å²) in [4.78, 5) is 33.7. The Morgan fingerprint density at radius 2 is 2.11 bits per heavy atom. The van der Waals surface area contributed by atoms with Gasteiger partial charge in [0, 0.05) is 26.5 Å². The molecule has 3 aromatic rings. The molecule has 0 unspecified atom stereocenters. The minimum Gasteiger partial charge on any atom is -0.467 e. The molecular weight excluding hydrogens is 346 g/mol. The molecular formula is C20H23N3O4. The van der Waals surface area contributed by atoms with Crippen LogP contribution in [-0.4, -0.2) is 41.0 Å². The Morgan fingerprint density at radius 1 is 1.26 bits per heavy atom. The number of furan rings is 1. The lowest BCUT2D eigenvalue weighted by Gasteiger charge is -2.21. The predicted octanol–water partition coefficient (Wildman–Crippen LogP) is 2.51. The van der Waals surface area contributed by atoms with Crippen molar-refractivity contribution in [2.24, 2.45) is 0 Å². The minimum atomic E-state index is -0.151. The van der Waals surface area contributed by atoms with Crippen LogP contribution in [0, 0.1) is 0 Å². The molecule has 7 nitrogen and oxygen atoms in total. The largest absolute Gasteiger partial charge is 0.467 e. The molecule has 0 spiro atoms. The van der Waals surface area contributed by atoms with E-state index in [4.69, 9.17) is 9.15 Å². The van der Waals surface area contributed by atoms with Crippen LogP contribution in [0.5, 0.6) is 0 Å². The third-order valence-corrected chi connectivity index (χ3v) is 4.31. The molecule has 2 aromatic heterocycles. The van der Waals surface area contributed by atoms with E-state index in [-0.39, 0.29) is 11.5 Å². The molecule has 0 fully saturated rings. The van der Waals surface area contributed by atoms with Gasteiger partial charge in [-0.3, -0.25) is 9.59 Å². The van der Waals surface area contributed by atoms with Crippen LogP contribution < -0.4 is 5.56 Å². The first kappa shape index (κ1) is 18.8. The van der Waals surface area contributed by atoms with E-state index >= 15 is 0 Å². The summed E-state index contributed by atoms with van der Waals surface area (Å²) in [5, 5.41) is 0.571. The first-order valence-corrected chi connectivity index (χ1v) is 8.94. The fourth-order valence-corrected chi connectivity index (χ4v) is 2.90. The standard InChI is InChI=1S/C20H23N3O4/c1-26-13-11-23(14-15-6-5-12-27-15)19(24)10-4-9-18-21-17-8-3-2-7-16(17)20(25)22-18/h2-3,5-8,12H,4,9-11,13-14H2,1H3,(H,21,22,25). The van der Waals surface area contributed by atoms with E-state index in [1.54, 1.807) is 30.4 Å². The number of aromatic nitrogens is 2. The summed E-state index contributed by atoms with van der Waals surface area (Å²) in [5.74, 6) is 1.35. The Bertz CT molecular complexity index is 934. The SMILES string of the molecule is COCCN(Cc1ccco1)C(=O)CCCc1nc2ccccc2c(=O)[nH]1. The number of amides is 1. The van der Waals surface area contributed by atoms with Gasteiger partial charge in [0.25, 0.3) is 5.56 Å². The second kappa shape index (κ2) is 9.14. The van der Waals surface area contributed by atoms with E-state index < -0.39 is 0 Å². The van der Waals surface area contributed by atoms with Crippen LogP contribution in [0.3, 0.4) is 0 Å². The van der Waals surface area contributed by atoms with Crippen LogP contribution in [0.4, 0.5) is 0 Å². The van der Waals surface area contributed by atoms with Gasteiger partial charge >= 0.3 is 0 Å². The molecule has 27 heavy (non-hydrogen) atoms. The van der Waals surface area contributed by atoms with E-state index in [2.05, 4.69) is 9.97 Å². The number of para-hydroxylation sites is 1. The maximum absolute atomic E-state index is 12.6. The Morgan fingerprint density at radius 3 is 2.89 bits per heavy atom. The number of aromatic amines is 1. The van der Waals surface area contributed by atoms with Gasteiger partial charge < -0.3 is 19.0 Å². The van der Waals surface area contributed by atoms with Crippen LogP contribution in [-0.2, 0) is 22.5 Å². The van der Waals surface area contributed by atoms with Crippen molar-refractivity contribution in [1.29, 1.82) is 0 Å². The van der Waals surface area contributed by atoms with E-state index in [1.807, 2.05) is 24.3 Å². The van der Waals surface area contributed by atoms with Gasteiger partial charge in [-0.2, -0.15) is 0 Å². The molecule has 0 saturated heterocycles. The van der Waals surface area contributed by atoms with Gasteiger partial charge in [-0.1, -0.05) is 12.1 Å². The number of nitrogens with zero attached hydrogens (tertiary/aromatic N) is 2. The lowest BCUT2D eigenvalue weighted by molar-refractivity contribution is -0.132. The van der Waals surface area contributed by atoms with E-state index in [1.165, 1.54) is 0 Å². The number of benzene rings is 1. The predicted molar refractivity (Wildman–Crippen MR) is 101 cm³/mol. The van der Waals surface area contributed by atoms with E-state index in [9.17, 15) is 9.59 Å². The number of H-pyrrole nitrogens is 1. The Labute approximate surface area is 157 Å². The molecule has 0 radical (unpaired) electrons. The number of hydrogen-bond acceptors (Lipinski definition) is 5.